The smallest absolute Gasteiger partial charge is 0.257 e. The van der Waals surface area contributed by atoms with Gasteiger partial charge in [0.15, 0.2) is 29.6 Å². The molecule has 2 aliphatic heterocycles. The van der Waals surface area contributed by atoms with Crippen LogP contribution in [0.5, 0.6) is 0 Å². The Morgan fingerprint density at radius 1 is 0.771 bits per heavy atom. The van der Waals surface area contributed by atoms with E-state index >= 15 is 0 Å². The standard InChI is InChI=1S/C36H33F5N2O5/c37-30-29(31(38)33(40)34(41)32(30)39)35(45)42-18-22-2-1-3-26(16-22)23-8-10-25(11-9-23)36-47-27(19-43-12-14-46-15-13-43)17-28(48-36)24-6-4-21(20-44)5-7-24/h1-11,16,27-28,36,44H,12-15,17-20H2,(H,42,45). The summed E-state index contributed by atoms with van der Waals surface area (Å²) >= 11 is 0. The van der Waals surface area contributed by atoms with Crippen molar-refractivity contribution in [1.29, 1.82) is 0 Å². The zero-order valence-electron chi connectivity index (χ0n) is 25.7. The van der Waals surface area contributed by atoms with E-state index in [2.05, 4.69) is 10.2 Å². The van der Waals surface area contributed by atoms with Gasteiger partial charge in [0.1, 0.15) is 5.56 Å². The highest BCUT2D eigenvalue weighted by Crippen LogP contribution is 2.39. The predicted octanol–water partition coefficient (Wildman–Crippen LogP) is 6.35. The number of nitrogens with one attached hydrogen (secondary N) is 1. The fourth-order valence-electron chi connectivity index (χ4n) is 5.87. The lowest BCUT2D eigenvalue weighted by Crippen LogP contribution is -2.44. The Labute approximate surface area is 273 Å². The molecule has 0 saturated carbocycles. The molecule has 0 bridgehead atoms. The topological polar surface area (TPSA) is 80.3 Å². The molecule has 6 rings (SSSR count). The molecule has 2 N–H and O–H groups in total. The van der Waals surface area contributed by atoms with Crippen molar-refractivity contribution in [2.75, 3.05) is 32.8 Å². The molecular formula is C36H33F5N2O5. The summed E-state index contributed by atoms with van der Waals surface area (Å²) in [5.41, 5.74) is 3.21. The lowest BCUT2D eigenvalue weighted by Gasteiger charge is -2.39. The van der Waals surface area contributed by atoms with Gasteiger partial charge >= 0.3 is 0 Å². The van der Waals surface area contributed by atoms with Gasteiger partial charge in [0.25, 0.3) is 5.91 Å². The van der Waals surface area contributed by atoms with Crippen LogP contribution in [0.2, 0.25) is 0 Å². The monoisotopic (exact) mass is 668 g/mol. The van der Waals surface area contributed by atoms with Gasteiger partial charge < -0.3 is 24.6 Å². The average Bonchev–Trinajstić information content (AvgIpc) is 3.13. The summed E-state index contributed by atoms with van der Waals surface area (Å²) in [7, 11) is 0. The number of halogens is 5. The SMILES string of the molecule is O=C(NCc1cccc(-c2ccc(C3OC(CN4CCOCC4)CC(c4ccc(CO)cc4)O3)cc2)c1)c1c(F)c(F)c(F)c(F)c1F. The van der Waals surface area contributed by atoms with E-state index in [9.17, 15) is 31.9 Å². The van der Waals surface area contributed by atoms with Crippen LogP contribution in [0, 0.1) is 29.1 Å². The Balaban J connectivity index is 1.16. The third-order valence-corrected chi connectivity index (χ3v) is 8.51. The van der Waals surface area contributed by atoms with Crippen molar-refractivity contribution in [2.45, 2.75) is 38.1 Å². The molecule has 3 unspecified atom stereocenters. The van der Waals surface area contributed by atoms with Crippen molar-refractivity contribution in [3.8, 4) is 11.1 Å². The molecular weight excluding hydrogens is 635 g/mol. The molecule has 252 valence electrons. The molecule has 0 spiro atoms. The fraction of sp³-hybridized carbons (Fsp3) is 0.306. The summed E-state index contributed by atoms with van der Waals surface area (Å²) in [5.74, 6) is -12.5. The van der Waals surface area contributed by atoms with Crippen molar-refractivity contribution in [2.24, 2.45) is 0 Å². The summed E-state index contributed by atoms with van der Waals surface area (Å²) in [6.45, 7) is 3.49. The lowest BCUT2D eigenvalue weighted by molar-refractivity contribution is -0.253. The lowest BCUT2D eigenvalue weighted by atomic mass is 9.99. The van der Waals surface area contributed by atoms with Crippen LogP contribution in [0.25, 0.3) is 11.1 Å². The number of aliphatic hydroxyl groups excluding tert-OH is 1. The van der Waals surface area contributed by atoms with Crippen LogP contribution in [-0.2, 0) is 27.4 Å². The summed E-state index contributed by atoms with van der Waals surface area (Å²) in [6, 6.07) is 22.2. The molecule has 0 aliphatic carbocycles. The highest BCUT2D eigenvalue weighted by atomic mass is 19.2. The van der Waals surface area contributed by atoms with Crippen LogP contribution in [-0.4, -0.2) is 54.9 Å². The van der Waals surface area contributed by atoms with Crippen molar-refractivity contribution in [1.82, 2.24) is 10.2 Å². The number of benzene rings is 4. The fourth-order valence-corrected chi connectivity index (χ4v) is 5.87. The van der Waals surface area contributed by atoms with Crippen molar-refractivity contribution in [3.05, 3.63) is 130 Å². The number of hydrogen-bond donors (Lipinski definition) is 2. The van der Waals surface area contributed by atoms with E-state index in [1.807, 2.05) is 54.6 Å². The molecule has 2 aliphatic rings. The highest BCUT2D eigenvalue weighted by molar-refractivity contribution is 5.94. The molecule has 2 saturated heterocycles. The minimum atomic E-state index is -2.33. The highest BCUT2D eigenvalue weighted by Gasteiger charge is 2.34. The molecule has 2 heterocycles. The third-order valence-electron chi connectivity index (χ3n) is 8.51. The first-order valence-corrected chi connectivity index (χ1v) is 15.5. The second-order valence-electron chi connectivity index (χ2n) is 11.7. The number of aliphatic hydroxyl groups is 1. The maximum Gasteiger partial charge on any atom is 0.257 e. The van der Waals surface area contributed by atoms with Gasteiger partial charge in [0.2, 0.25) is 5.82 Å². The quantitative estimate of drug-likeness (QED) is 0.123. The van der Waals surface area contributed by atoms with Crippen LogP contribution < -0.4 is 5.32 Å². The second-order valence-corrected chi connectivity index (χ2v) is 11.7. The van der Waals surface area contributed by atoms with Crippen molar-refractivity contribution >= 4 is 5.91 Å². The molecule has 48 heavy (non-hydrogen) atoms. The van der Waals surface area contributed by atoms with Gasteiger partial charge in [-0.25, -0.2) is 22.0 Å². The van der Waals surface area contributed by atoms with Gasteiger partial charge in [-0.15, -0.1) is 0 Å². The number of nitrogens with zero attached hydrogens (tertiary/aromatic N) is 1. The van der Waals surface area contributed by atoms with E-state index in [4.69, 9.17) is 14.2 Å². The zero-order valence-corrected chi connectivity index (χ0v) is 25.7. The number of hydrogen-bond acceptors (Lipinski definition) is 6. The Morgan fingerprint density at radius 2 is 1.42 bits per heavy atom. The Morgan fingerprint density at radius 3 is 2.08 bits per heavy atom. The number of morpholine rings is 1. The minimum Gasteiger partial charge on any atom is -0.392 e. The molecule has 4 aromatic carbocycles. The molecule has 1 amide bonds. The first-order chi connectivity index (χ1) is 23.2. The largest absolute Gasteiger partial charge is 0.392 e. The van der Waals surface area contributed by atoms with Crippen molar-refractivity contribution < 1.29 is 46.1 Å². The molecule has 12 heteroatoms. The van der Waals surface area contributed by atoms with Crippen LogP contribution in [0.15, 0.2) is 72.8 Å². The van der Waals surface area contributed by atoms with Gasteiger partial charge in [-0.2, -0.15) is 0 Å². The van der Waals surface area contributed by atoms with Gasteiger partial charge in [-0.1, -0.05) is 66.7 Å². The summed E-state index contributed by atoms with van der Waals surface area (Å²) in [6.07, 6.45) is -0.289. The normalized spacial score (nSPS) is 20.1. The molecule has 0 aromatic heterocycles. The third kappa shape index (κ3) is 7.43. The number of carbonyl (C=O) groups excluding carboxylic acids is 1. The van der Waals surface area contributed by atoms with Gasteiger partial charge in [-0.05, 0) is 33.9 Å². The Kier molecular flexibility index (Phi) is 10.5. The van der Waals surface area contributed by atoms with Crippen LogP contribution in [0.1, 0.15) is 51.4 Å². The second kappa shape index (κ2) is 14.9. The van der Waals surface area contributed by atoms with Crippen molar-refractivity contribution in [3.63, 3.8) is 0 Å². The summed E-state index contributed by atoms with van der Waals surface area (Å²) in [4.78, 5) is 14.7. The Bertz CT molecular complexity index is 1720. The van der Waals surface area contributed by atoms with E-state index < -0.39 is 46.8 Å². The molecule has 7 nitrogen and oxygen atoms in total. The predicted molar refractivity (Wildman–Crippen MR) is 165 cm³/mol. The Hall–Kier alpha value is -4.20. The van der Waals surface area contributed by atoms with Gasteiger partial charge in [-0.3, -0.25) is 9.69 Å². The molecule has 0 radical (unpaired) electrons. The first-order valence-electron chi connectivity index (χ1n) is 15.5. The van der Waals surface area contributed by atoms with Gasteiger partial charge in [0, 0.05) is 38.2 Å². The molecule has 2 fully saturated rings. The molecule has 3 atom stereocenters. The first kappa shape index (κ1) is 33.7. The minimum absolute atomic E-state index is 0.0422. The van der Waals surface area contributed by atoms with E-state index in [0.717, 1.165) is 47.5 Å². The van der Waals surface area contributed by atoms with Crippen LogP contribution in [0.4, 0.5) is 22.0 Å². The summed E-state index contributed by atoms with van der Waals surface area (Å²) in [5, 5.41) is 11.7. The average molecular weight is 669 g/mol. The van der Waals surface area contributed by atoms with E-state index in [1.165, 1.54) is 0 Å². The summed E-state index contributed by atoms with van der Waals surface area (Å²) < 4.78 is 87.1. The maximum atomic E-state index is 14.1. The van der Waals surface area contributed by atoms with Crippen LogP contribution in [0.3, 0.4) is 0 Å². The number of amides is 1. The number of rotatable bonds is 9. The van der Waals surface area contributed by atoms with Crippen LogP contribution >= 0.6 is 0 Å². The maximum absolute atomic E-state index is 14.1. The molecule has 4 aromatic rings. The zero-order chi connectivity index (χ0) is 33.8. The van der Waals surface area contributed by atoms with E-state index in [-0.39, 0.29) is 25.4 Å². The van der Waals surface area contributed by atoms with E-state index in [1.54, 1.807) is 18.2 Å². The number of carbonyl (C=O) groups is 1. The number of ether oxygens (including phenoxy) is 3. The van der Waals surface area contributed by atoms with E-state index in [0.29, 0.717) is 25.2 Å². The van der Waals surface area contributed by atoms with Gasteiger partial charge in [0.05, 0.1) is 32.0 Å².